The predicted molar refractivity (Wildman–Crippen MR) is 63.5 cm³/mol. The molecule has 1 unspecified atom stereocenters. The van der Waals surface area contributed by atoms with E-state index in [-0.39, 0.29) is 0 Å². The average molecular weight is 201 g/mol. The average Bonchev–Trinajstić information content (AvgIpc) is 2.16. The van der Waals surface area contributed by atoms with Crippen LogP contribution in [-0.2, 0) is 0 Å². The highest BCUT2D eigenvalue weighted by atomic mass is 15.1. The predicted octanol–water partition coefficient (Wildman–Crippen LogP) is 1.04. The number of hydrogen-bond donors (Lipinski definition) is 2. The first kappa shape index (κ1) is 13.9. The van der Waals surface area contributed by atoms with Crippen molar-refractivity contribution in [2.24, 2.45) is 5.73 Å². The maximum absolute atomic E-state index is 5.50. The fraction of sp³-hybridized carbons (Fsp3) is 1.00. The highest BCUT2D eigenvalue weighted by Crippen LogP contribution is 1.97. The van der Waals surface area contributed by atoms with Crippen LogP contribution in [0.5, 0.6) is 0 Å². The largest absolute Gasteiger partial charge is 0.329 e. The summed E-state index contributed by atoms with van der Waals surface area (Å²) in [4.78, 5) is 2.38. The van der Waals surface area contributed by atoms with Gasteiger partial charge in [0, 0.05) is 18.6 Å². The smallest absolute Gasteiger partial charge is 0.0161 e. The standard InChI is InChI=1S/C11H27N3/c1-10(2)14(4)8-6-5-7-13-11(3)9-12/h10-11,13H,5-9,12H2,1-4H3. The van der Waals surface area contributed by atoms with E-state index in [0.717, 1.165) is 13.1 Å². The van der Waals surface area contributed by atoms with Gasteiger partial charge in [0.25, 0.3) is 0 Å². The van der Waals surface area contributed by atoms with E-state index in [0.29, 0.717) is 12.1 Å². The summed E-state index contributed by atoms with van der Waals surface area (Å²) >= 11 is 0. The fourth-order valence-electron chi connectivity index (χ4n) is 1.18. The van der Waals surface area contributed by atoms with E-state index in [1.54, 1.807) is 0 Å². The molecule has 1 atom stereocenters. The lowest BCUT2D eigenvalue weighted by molar-refractivity contribution is 0.267. The first-order valence-corrected chi connectivity index (χ1v) is 5.71. The van der Waals surface area contributed by atoms with Crippen LogP contribution in [0.3, 0.4) is 0 Å². The summed E-state index contributed by atoms with van der Waals surface area (Å²) < 4.78 is 0. The molecular weight excluding hydrogens is 174 g/mol. The molecule has 0 bridgehead atoms. The number of rotatable bonds is 8. The monoisotopic (exact) mass is 201 g/mol. The Kier molecular flexibility index (Phi) is 8.14. The van der Waals surface area contributed by atoms with Gasteiger partial charge < -0.3 is 16.0 Å². The number of hydrogen-bond acceptors (Lipinski definition) is 3. The van der Waals surface area contributed by atoms with Gasteiger partial charge >= 0.3 is 0 Å². The zero-order chi connectivity index (χ0) is 11.0. The van der Waals surface area contributed by atoms with Crippen molar-refractivity contribution >= 4 is 0 Å². The van der Waals surface area contributed by atoms with Crippen LogP contribution in [-0.4, -0.2) is 43.7 Å². The number of nitrogens with zero attached hydrogens (tertiary/aromatic N) is 1. The van der Waals surface area contributed by atoms with Crippen molar-refractivity contribution in [2.45, 2.75) is 45.7 Å². The lowest BCUT2D eigenvalue weighted by Crippen LogP contribution is -2.34. The Balaban J connectivity index is 3.21. The molecule has 14 heavy (non-hydrogen) atoms. The van der Waals surface area contributed by atoms with Gasteiger partial charge in [-0.1, -0.05) is 0 Å². The molecule has 0 aromatic heterocycles. The molecule has 3 N–H and O–H groups in total. The fourth-order valence-corrected chi connectivity index (χ4v) is 1.18. The zero-order valence-corrected chi connectivity index (χ0v) is 10.2. The summed E-state index contributed by atoms with van der Waals surface area (Å²) in [5, 5.41) is 3.39. The summed E-state index contributed by atoms with van der Waals surface area (Å²) in [6, 6.07) is 1.11. The van der Waals surface area contributed by atoms with Gasteiger partial charge in [-0.15, -0.1) is 0 Å². The molecule has 0 rings (SSSR count). The molecule has 0 aromatic rings. The molecule has 0 saturated carbocycles. The van der Waals surface area contributed by atoms with Crippen LogP contribution in [0.4, 0.5) is 0 Å². The van der Waals surface area contributed by atoms with Crippen LogP contribution in [0.15, 0.2) is 0 Å². The molecule has 0 saturated heterocycles. The highest BCUT2D eigenvalue weighted by Gasteiger charge is 2.02. The lowest BCUT2D eigenvalue weighted by Gasteiger charge is -2.20. The topological polar surface area (TPSA) is 41.3 Å². The van der Waals surface area contributed by atoms with Gasteiger partial charge in [0.05, 0.1) is 0 Å². The summed E-state index contributed by atoms with van der Waals surface area (Å²) in [6.45, 7) is 9.59. The number of nitrogens with two attached hydrogens (primary N) is 1. The van der Waals surface area contributed by atoms with Crippen molar-refractivity contribution < 1.29 is 0 Å². The van der Waals surface area contributed by atoms with Crippen molar-refractivity contribution in [1.82, 2.24) is 10.2 Å². The van der Waals surface area contributed by atoms with Gasteiger partial charge in [-0.2, -0.15) is 0 Å². The number of nitrogens with one attached hydrogen (secondary N) is 1. The molecule has 0 aromatic carbocycles. The van der Waals surface area contributed by atoms with E-state index in [1.165, 1.54) is 19.4 Å². The quantitative estimate of drug-likeness (QED) is 0.577. The Morgan fingerprint density at radius 1 is 1.21 bits per heavy atom. The van der Waals surface area contributed by atoms with E-state index in [2.05, 4.69) is 38.0 Å². The van der Waals surface area contributed by atoms with Gasteiger partial charge in [0.15, 0.2) is 0 Å². The van der Waals surface area contributed by atoms with Crippen LogP contribution in [0.2, 0.25) is 0 Å². The second-order valence-electron chi connectivity index (χ2n) is 4.37. The first-order chi connectivity index (χ1) is 6.57. The van der Waals surface area contributed by atoms with E-state index >= 15 is 0 Å². The van der Waals surface area contributed by atoms with Crippen molar-refractivity contribution in [2.75, 3.05) is 26.7 Å². The van der Waals surface area contributed by atoms with Gasteiger partial charge in [-0.25, -0.2) is 0 Å². The molecule has 0 radical (unpaired) electrons. The van der Waals surface area contributed by atoms with E-state index in [9.17, 15) is 0 Å². The third kappa shape index (κ3) is 7.30. The molecule has 3 nitrogen and oxygen atoms in total. The normalized spacial score (nSPS) is 13.9. The van der Waals surface area contributed by atoms with Crippen LogP contribution in [0.25, 0.3) is 0 Å². The Morgan fingerprint density at radius 2 is 1.86 bits per heavy atom. The van der Waals surface area contributed by atoms with Crippen LogP contribution >= 0.6 is 0 Å². The van der Waals surface area contributed by atoms with Gasteiger partial charge in [0.1, 0.15) is 0 Å². The maximum Gasteiger partial charge on any atom is 0.0161 e. The second kappa shape index (κ2) is 8.21. The molecular formula is C11H27N3. The summed E-state index contributed by atoms with van der Waals surface area (Å²) in [5.41, 5.74) is 5.50. The number of unbranched alkanes of at least 4 members (excludes halogenated alkanes) is 1. The van der Waals surface area contributed by atoms with Crippen molar-refractivity contribution in [3.05, 3.63) is 0 Å². The Hall–Kier alpha value is -0.120. The van der Waals surface area contributed by atoms with Gasteiger partial charge in [0.2, 0.25) is 0 Å². The third-order valence-electron chi connectivity index (χ3n) is 2.67. The Labute approximate surface area is 89.0 Å². The van der Waals surface area contributed by atoms with Crippen molar-refractivity contribution in [3.63, 3.8) is 0 Å². The Morgan fingerprint density at radius 3 is 2.36 bits per heavy atom. The molecule has 3 heteroatoms. The first-order valence-electron chi connectivity index (χ1n) is 5.71. The maximum atomic E-state index is 5.50. The summed E-state index contributed by atoms with van der Waals surface area (Å²) in [7, 11) is 2.18. The zero-order valence-electron chi connectivity index (χ0n) is 10.2. The van der Waals surface area contributed by atoms with E-state index < -0.39 is 0 Å². The lowest BCUT2D eigenvalue weighted by atomic mass is 10.2. The third-order valence-corrected chi connectivity index (χ3v) is 2.67. The highest BCUT2D eigenvalue weighted by molar-refractivity contribution is 4.61. The molecule has 0 aliphatic rings. The molecule has 0 spiro atoms. The molecule has 86 valence electrons. The van der Waals surface area contributed by atoms with Gasteiger partial charge in [-0.3, -0.25) is 0 Å². The summed E-state index contributed by atoms with van der Waals surface area (Å²) in [5.74, 6) is 0. The molecule has 0 fully saturated rings. The van der Waals surface area contributed by atoms with Crippen molar-refractivity contribution in [3.8, 4) is 0 Å². The van der Waals surface area contributed by atoms with E-state index in [1.807, 2.05) is 0 Å². The summed E-state index contributed by atoms with van der Waals surface area (Å²) in [6.07, 6.45) is 2.50. The molecule has 0 aliphatic carbocycles. The molecule has 0 aliphatic heterocycles. The van der Waals surface area contributed by atoms with E-state index in [4.69, 9.17) is 5.73 Å². The van der Waals surface area contributed by atoms with Gasteiger partial charge in [-0.05, 0) is 53.8 Å². The van der Waals surface area contributed by atoms with Crippen LogP contribution in [0, 0.1) is 0 Å². The molecule has 0 amide bonds. The van der Waals surface area contributed by atoms with Crippen molar-refractivity contribution in [1.29, 1.82) is 0 Å². The van der Waals surface area contributed by atoms with Crippen LogP contribution < -0.4 is 11.1 Å². The minimum Gasteiger partial charge on any atom is -0.329 e. The Bertz CT molecular complexity index is 126. The minimum atomic E-state index is 0.456. The SMILES string of the molecule is CC(CN)NCCCCN(C)C(C)C. The minimum absolute atomic E-state index is 0.456. The van der Waals surface area contributed by atoms with Crippen LogP contribution in [0.1, 0.15) is 33.6 Å². The second-order valence-corrected chi connectivity index (χ2v) is 4.37. The molecule has 0 heterocycles.